The number of benzene rings is 3. The number of aromatic nitrogens is 2. The number of ether oxygens (including phenoxy) is 1. The normalized spacial score (nSPS) is 11.5. The summed E-state index contributed by atoms with van der Waals surface area (Å²) in [5.74, 6) is -0.397. The van der Waals surface area contributed by atoms with Crippen LogP contribution in [-0.4, -0.2) is 36.6 Å². The highest BCUT2D eigenvalue weighted by Crippen LogP contribution is 2.31. The molecular weight excluding hydrogens is 484 g/mol. The van der Waals surface area contributed by atoms with Gasteiger partial charge in [-0.15, -0.1) is 0 Å². The van der Waals surface area contributed by atoms with Crippen molar-refractivity contribution in [1.82, 2.24) is 9.55 Å². The minimum Gasteiger partial charge on any atom is -0.497 e. The molecule has 0 bridgehead atoms. The van der Waals surface area contributed by atoms with E-state index in [1.165, 1.54) is 12.1 Å². The Morgan fingerprint density at radius 2 is 1.65 bits per heavy atom. The molecular formula is C30H26N2O4S. The number of pyridine rings is 1. The van der Waals surface area contributed by atoms with E-state index >= 15 is 0 Å². The summed E-state index contributed by atoms with van der Waals surface area (Å²) in [7, 11) is -2.13. The first kappa shape index (κ1) is 24.5. The average Bonchev–Trinajstić information content (AvgIpc) is 3.26. The fourth-order valence-electron chi connectivity index (χ4n) is 4.35. The first-order valence-corrected chi connectivity index (χ1v) is 13.5. The minimum absolute atomic E-state index is 0.129. The molecule has 2 aromatic heterocycles. The van der Waals surface area contributed by atoms with Crippen LogP contribution < -0.4 is 4.74 Å². The average molecular weight is 511 g/mol. The molecule has 0 unspecified atom stereocenters. The van der Waals surface area contributed by atoms with Crippen molar-refractivity contribution in [2.75, 3.05) is 12.9 Å². The summed E-state index contributed by atoms with van der Waals surface area (Å²) in [6.45, 7) is 2.29. The van der Waals surface area contributed by atoms with Crippen molar-refractivity contribution in [2.24, 2.45) is 0 Å². The van der Waals surface area contributed by atoms with Crippen molar-refractivity contribution in [3.63, 3.8) is 0 Å². The maximum absolute atomic E-state index is 13.0. The summed E-state index contributed by atoms with van der Waals surface area (Å²) in [5.41, 5.74) is 4.79. The Morgan fingerprint density at radius 3 is 2.38 bits per heavy atom. The van der Waals surface area contributed by atoms with E-state index in [4.69, 9.17) is 4.74 Å². The van der Waals surface area contributed by atoms with Crippen LogP contribution in [0.25, 0.3) is 22.2 Å². The number of fused-ring (bicyclic) bond motifs is 1. The van der Waals surface area contributed by atoms with E-state index in [0.29, 0.717) is 12.2 Å². The molecule has 5 rings (SSSR count). The van der Waals surface area contributed by atoms with Gasteiger partial charge < -0.3 is 9.30 Å². The van der Waals surface area contributed by atoms with Crippen LogP contribution in [0.5, 0.6) is 5.75 Å². The molecule has 0 aliphatic heterocycles. The highest BCUT2D eigenvalue weighted by atomic mass is 32.2. The number of rotatable bonds is 8. The van der Waals surface area contributed by atoms with E-state index in [1.54, 1.807) is 31.4 Å². The molecule has 0 amide bonds. The fraction of sp³-hybridized carbons (Fsp3) is 0.133. The molecule has 3 aromatic carbocycles. The van der Waals surface area contributed by atoms with Crippen molar-refractivity contribution >= 4 is 26.5 Å². The van der Waals surface area contributed by atoms with Crippen molar-refractivity contribution in [1.29, 1.82) is 0 Å². The lowest BCUT2D eigenvalue weighted by molar-refractivity contribution is 0.101. The smallest absolute Gasteiger partial charge is 0.196 e. The predicted octanol–water partition coefficient (Wildman–Crippen LogP) is 5.73. The van der Waals surface area contributed by atoms with Gasteiger partial charge in [0, 0.05) is 16.6 Å². The Hall–Kier alpha value is -4.23. The van der Waals surface area contributed by atoms with Gasteiger partial charge in [0.1, 0.15) is 17.2 Å². The van der Waals surface area contributed by atoms with Crippen LogP contribution >= 0.6 is 0 Å². The molecule has 7 heteroatoms. The summed E-state index contributed by atoms with van der Waals surface area (Å²) in [4.78, 5) is 17.6. The lowest BCUT2D eigenvalue weighted by Crippen LogP contribution is -2.18. The first-order chi connectivity index (χ1) is 17.8. The zero-order valence-electron chi connectivity index (χ0n) is 20.6. The largest absolute Gasteiger partial charge is 0.497 e. The zero-order chi connectivity index (χ0) is 26.0. The highest BCUT2D eigenvalue weighted by Gasteiger charge is 2.22. The topological polar surface area (TPSA) is 78.3 Å². The third-order valence-corrected chi connectivity index (χ3v) is 7.92. The van der Waals surface area contributed by atoms with Gasteiger partial charge in [-0.05, 0) is 61.0 Å². The van der Waals surface area contributed by atoms with E-state index in [0.717, 1.165) is 33.5 Å². The van der Waals surface area contributed by atoms with E-state index in [1.807, 2.05) is 61.5 Å². The monoisotopic (exact) mass is 510 g/mol. The third-order valence-electron chi connectivity index (χ3n) is 6.29. The number of Topliss-reactive ketones (excluding diaryl/α,β-unsaturated/α-hetero) is 1. The molecule has 0 saturated heterocycles. The fourth-order valence-corrected chi connectivity index (χ4v) is 5.57. The number of nitrogens with zero attached hydrogens (tertiary/aromatic N) is 2. The van der Waals surface area contributed by atoms with Crippen LogP contribution in [0.1, 0.15) is 21.7 Å². The van der Waals surface area contributed by atoms with Gasteiger partial charge in [0.15, 0.2) is 15.6 Å². The van der Waals surface area contributed by atoms with Crippen LogP contribution in [0.2, 0.25) is 0 Å². The molecule has 0 spiro atoms. The van der Waals surface area contributed by atoms with Crippen LogP contribution in [0.3, 0.4) is 0 Å². The molecule has 0 aliphatic carbocycles. The van der Waals surface area contributed by atoms with Crippen LogP contribution in [-0.2, 0) is 16.4 Å². The Bertz CT molecular complexity index is 1690. The van der Waals surface area contributed by atoms with Crippen molar-refractivity contribution in [2.45, 2.75) is 18.4 Å². The number of carbonyl (C=O) groups excluding carboxylic acids is 1. The third kappa shape index (κ3) is 5.17. The number of sulfone groups is 1. The molecule has 6 nitrogen and oxygen atoms in total. The van der Waals surface area contributed by atoms with E-state index < -0.39 is 21.4 Å². The summed E-state index contributed by atoms with van der Waals surface area (Å²) in [6, 6.07) is 29.7. The summed E-state index contributed by atoms with van der Waals surface area (Å²) >= 11 is 0. The number of methoxy groups -OCH3 is 1. The standard InChI is InChI=1S/C30H26N2O4S/c1-21-11-14-26(15-12-21)37(34,35)20-30(33)27-10-6-9-24(31-27)19-32-28-16-13-25(36-2)17-23(28)18-29(32)22-7-4-3-5-8-22/h3-18H,19-20H2,1-2H3. The van der Waals surface area contributed by atoms with Crippen molar-refractivity contribution in [3.8, 4) is 17.0 Å². The maximum atomic E-state index is 13.0. The molecule has 5 aromatic rings. The van der Waals surface area contributed by atoms with Crippen molar-refractivity contribution in [3.05, 3.63) is 114 Å². The summed E-state index contributed by atoms with van der Waals surface area (Å²) in [6.07, 6.45) is 0. The number of hydrogen-bond acceptors (Lipinski definition) is 5. The minimum atomic E-state index is -3.77. The Labute approximate surface area is 216 Å². The maximum Gasteiger partial charge on any atom is 0.196 e. The second-order valence-corrected chi connectivity index (χ2v) is 10.9. The first-order valence-electron chi connectivity index (χ1n) is 11.9. The SMILES string of the molecule is COc1ccc2c(c1)cc(-c1ccccc1)n2Cc1cccc(C(=O)CS(=O)(=O)c2ccc(C)cc2)n1. The number of ketones is 1. The van der Waals surface area contributed by atoms with Gasteiger partial charge in [0.25, 0.3) is 0 Å². The summed E-state index contributed by atoms with van der Waals surface area (Å²) < 4.78 is 33.2. The van der Waals surface area contributed by atoms with Crippen LogP contribution in [0, 0.1) is 6.92 Å². The van der Waals surface area contributed by atoms with Gasteiger partial charge in [0.2, 0.25) is 0 Å². The van der Waals surface area contributed by atoms with Gasteiger partial charge in [-0.25, -0.2) is 13.4 Å². The second-order valence-electron chi connectivity index (χ2n) is 8.92. The lowest BCUT2D eigenvalue weighted by Gasteiger charge is -2.12. The molecule has 0 radical (unpaired) electrons. The quantitative estimate of drug-likeness (QED) is 0.249. The second kappa shape index (κ2) is 10.0. The Morgan fingerprint density at radius 1 is 0.892 bits per heavy atom. The lowest BCUT2D eigenvalue weighted by atomic mass is 10.1. The Balaban J connectivity index is 1.47. The molecule has 0 saturated carbocycles. The molecule has 186 valence electrons. The zero-order valence-corrected chi connectivity index (χ0v) is 21.4. The van der Waals surface area contributed by atoms with E-state index in [-0.39, 0.29) is 10.6 Å². The predicted molar refractivity (Wildman–Crippen MR) is 145 cm³/mol. The molecule has 37 heavy (non-hydrogen) atoms. The summed E-state index contributed by atoms with van der Waals surface area (Å²) in [5, 5.41) is 1.02. The number of aryl methyl sites for hydroxylation is 1. The van der Waals surface area contributed by atoms with Crippen LogP contribution in [0.4, 0.5) is 0 Å². The van der Waals surface area contributed by atoms with Gasteiger partial charge in [-0.3, -0.25) is 4.79 Å². The Kier molecular flexibility index (Phi) is 6.63. The highest BCUT2D eigenvalue weighted by molar-refractivity contribution is 7.92. The molecule has 0 fully saturated rings. The van der Waals surface area contributed by atoms with Gasteiger partial charge in [-0.2, -0.15) is 0 Å². The van der Waals surface area contributed by atoms with Crippen LogP contribution in [0.15, 0.2) is 102 Å². The molecule has 0 atom stereocenters. The van der Waals surface area contributed by atoms with Gasteiger partial charge in [0.05, 0.1) is 24.2 Å². The molecule has 2 heterocycles. The van der Waals surface area contributed by atoms with E-state index in [9.17, 15) is 13.2 Å². The number of hydrogen-bond donors (Lipinski definition) is 0. The number of carbonyl (C=O) groups is 1. The van der Waals surface area contributed by atoms with Crippen molar-refractivity contribution < 1.29 is 17.9 Å². The molecule has 0 aliphatic rings. The van der Waals surface area contributed by atoms with Gasteiger partial charge in [-0.1, -0.05) is 54.1 Å². The molecule has 0 N–H and O–H groups in total. The van der Waals surface area contributed by atoms with E-state index in [2.05, 4.69) is 15.6 Å². The van der Waals surface area contributed by atoms with Gasteiger partial charge >= 0.3 is 0 Å².